The molecule has 82 valence electrons. The van der Waals surface area contributed by atoms with Crippen LogP contribution in [0.5, 0.6) is 0 Å². The van der Waals surface area contributed by atoms with Crippen molar-refractivity contribution in [1.29, 1.82) is 0 Å². The number of urea groups is 1. The summed E-state index contributed by atoms with van der Waals surface area (Å²) in [7, 11) is 0. The molecule has 0 saturated heterocycles. The first-order valence-corrected chi connectivity index (χ1v) is 5.29. The van der Waals surface area contributed by atoms with Gasteiger partial charge in [-0.3, -0.25) is 5.43 Å². The predicted octanol–water partition coefficient (Wildman–Crippen LogP) is 2.16. The third-order valence-corrected chi connectivity index (χ3v) is 2.46. The van der Waals surface area contributed by atoms with Crippen LogP contribution in [0.25, 0.3) is 0 Å². The van der Waals surface area contributed by atoms with Gasteiger partial charge in [0.25, 0.3) is 0 Å². The Balaban J connectivity index is 2.88. The molecular weight excluding hydrogens is 237 g/mol. The molecule has 0 heterocycles. The number of rotatable bonds is 3. The molecule has 6 heteroatoms. The summed E-state index contributed by atoms with van der Waals surface area (Å²) >= 11 is 11.5. The number of nitrogens with one attached hydrogen (secondary N) is 2. The van der Waals surface area contributed by atoms with Crippen LogP contribution in [0.3, 0.4) is 0 Å². The molecule has 0 bridgehead atoms. The largest absolute Gasteiger partial charge is 0.333 e. The molecule has 0 aliphatic rings. The minimum atomic E-state index is -0.478. The van der Waals surface area contributed by atoms with Crippen LogP contribution < -0.4 is 16.6 Å². The van der Waals surface area contributed by atoms with E-state index in [-0.39, 0.29) is 0 Å². The van der Waals surface area contributed by atoms with Crippen LogP contribution in [0, 0.1) is 0 Å². The summed E-state index contributed by atoms with van der Waals surface area (Å²) in [5, 5.41) is 2.54. The number of hydrogen-bond donors (Lipinski definition) is 3. The molecular formula is C9H11Cl2N3O. The smallest absolute Gasteiger partial charge is 0.307 e. The van der Waals surface area contributed by atoms with Gasteiger partial charge in [0.1, 0.15) is 0 Å². The lowest BCUT2D eigenvalue weighted by Crippen LogP contribution is -2.34. The lowest BCUT2D eigenvalue weighted by molar-refractivity contribution is 0.252. The van der Waals surface area contributed by atoms with Crippen molar-refractivity contribution in [2.24, 2.45) is 5.84 Å². The summed E-state index contributed by atoms with van der Waals surface area (Å²) in [6.45, 7) is 0. The molecule has 0 spiro atoms. The van der Waals surface area contributed by atoms with E-state index in [1.54, 1.807) is 12.1 Å². The number of alkyl halides is 2. The molecule has 1 aromatic carbocycles. The van der Waals surface area contributed by atoms with Crippen LogP contribution in [0.4, 0.5) is 10.5 Å². The van der Waals surface area contributed by atoms with Crippen molar-refractivity contribution >= 4 is 34.9 Å². The highest BCUT2D eigenvalue weighted by Crippen LogP contribution is 2.19. The summed E-state index contributed by atoms with van der Waals surface area (Å²) in [5.74, 6) is 5.68. The zero-order valence-electron chi connectivity index (χ0n) is 7.89. The minimum Gasteiger partial charge on any atom is -0.307 e. The second kappa shape index (κ2) is 5.80. The average Bonchev–Trinajstić information content (AvgIpc) is 2.28. The Morgan fingerprint density at radius 3 is 2.47 bits per heavy atom. The Labute approximate surface area is 97.7 Å². The number of anilines is 1. The van der Waals surface area contributed by atoms with Crippen molar-refractivity contribution in [2.45, 2.75) is 11.8 Å². The quantitative estimate of drug-likeness (QED) is 0.332. The van der Waals surface area contributed by atoms with E-state index in [0.29, 0.717) is 17.4 Å². The van der Waals surface area contributed by atoms with Crippen molar-refractivity contribution < 1.29 is 4.79 Å². The van der Waals surface area contributed by atoms with Gasteiger partial charge in [0.05, 0.1) is 0 Å². The molecule has 4 nitrogen and oxygen atoms in total. The van der Waals surface area contributed by atoms with E-state index in [1.165, 1.54) is 0 Å². The van der Waals surface area contributed by atoms with E-state index in [4.69, 9.17) is 29.0 Å². The first-order chi connectivity index (χ1) is 7.21. The molecule has 0 aliphatic heterocycles. The number of carbonyl (C=O) groups excluding carboxylic acids is 1. The third kappa shape index (κ3) is 3.27. The van der Waals surface area contributed by atoms with E-state index in [0.717, 1.165) is 11.1 Å². The van der Waals surface area contributed by atoms with Crippen LogP contribution in [0.2, 0.25) is 0 Å². The van der Waals surface area contributed by atoms with Gasteiger partial charge in [-0.15, -0.1) is 23.2 Å². The summed E-state index contributed by atoms with van der Waals surface area (Å²) in [6.07, 6.45) is 0. The summed E-state index contributed by atoms with van der Waals surface area (Å²) in [6, 6.07) is 4.84. The van der Waals surface area contributed by atoms with E-state index < -0.39 is 6.03 Å². The first kappa shape index (κ1) is 12.1. The molecule has 1 aromatic rings. The molecule has 0 aromatic heterocycles. The number of amides is 2. The standard InChI is InChI=1S/C9H11Cl2N3O/c10-4-6-1-2-8(3-7(6)5-11)13-9(15)14-12/h1-3H,4-5,12H2,(H2,13,14,15). The molecule has 0 fully saturated rings. The van der Waals surface area contributed by atoms with Crippen LogP contribution in [0.1, 0.15) is 11.1 Å². The molecule has 0 unspecified atom stereocenters. The average molecular weight is 248 g/mol. The van der Waals surface area contributed by atoms with Gasteiger partial charge >= 0.3 is 6.03 Å². The fraction of sp³-hybridized carbons (Fsp3) is 0.222. The number of carbonyl (C=O) groups is 1. The van der Waals surface area contributed by atoms with Crippen LogP contribution >= 0.6 is 23.2 Å². The molecule has 0 radical (unpaired) electrons. The van der Waals surface area contributed by atoms with Crippen molar-refractivity contribution in [3.8, 4) is 0 Å². The van der Waals surface area contributed by atoms with Crippen molar-refractivity contribution in [2.75, 3.05) is 5.32 Å². The van der Waals surface area contributed by atoms with Gasteiger partial charge in [-0.05, 0) is 23.3 Å². The van der Waals surface area contributed by atoms with Gasteiger partial charge in [-0.1, -0.05) is 6.07 Å². The number of nitrogens with two attached hydrogens (primary N) is 1. The topological polar surface area (TPSA) is 67.1 Å². The number of hydrogen-bond acceptors (Lipinski definition) is 2. The number of halogens is 2. The molecule has 0 atom stereocenters. The monoisotopic (exact) mass is 247 g/mol. The lowest BCUT2D eigenvalue weighted by Gasteiger charge is -2.08. The van der Waals surface area contributed by atoms with Gasteiger partial charge in [0.15, 0.2) is 0 Å². The lowest BCUT2D eigenvalue weighted by atomic mass is 10.1. The Morgan fingerprint density at radius 1 is 1.27 bits per heavy atom. The molecule has 0 aliphatic carbocycles. The molecule has 15 heavy (non-hydrogen) atoms. The van der Waals surface area contributed by atoms with E-state index in [2.05, 4.69) is 5.32 Å². The minimum absolute atomic E-state index is 0.349. The van der Waals surface area contributed by atoms with Gasteiger partial charge in [0, 0.05) is 17.4 Å². The molecule has 4 N–H and O–H groups in total. The van der Waals surface area contributed by atoms with E-state index >= 15 is 0 Å². The van der Waals surface area contributed by atoms with E-state index in [9.17, 15) is 4.79 Å². The fourth-order valence-corrected chi connectivity index (χ4v) is 1.64. The van der Waals surface area contributed by atoms with Crippen molar-refractivity contribution in [3.05, 3.63) is 29.3 Å². The molecule has 0 saturated carbocycles. The van der Waals surface area contributed by atoms with Gasteiger partial charge in [0.2, 0.25) is 0 Å². The Morgan fingerprint density at radius 2 is 1.93 bits per heavy atom. The maximum atomic E-state index is 10.9. The first-order valence-electron chi connectivity index (χ1n) is 4.22. The fourth-order valence-electron chi connectivity index (χ4n) is 1.13. The van der Waals surface area contributed by atoms with Gasteiger partial charge in [-0.2, -0.15) is 0 Å². The van der Waals surface area contributed by atoms with Crippen molar-refractivity contribution in [1.82, 2.24) is 5.43 Å². The second-order valence-electron chi connectivity index (χ2n) is 2.85. The van der Waals surface area contributed by atoms with Gasteiger partial charge in [-0.25, -0.2) is 10.6 Å². The molecule has 2 amide bonds. The molecule has 1 rings (SSSR count). The SMILES string of the molecule is NNC(=O)Nc1ccc(CCl)c(CCl)c1. The van der Waals surface area contributed by atoms with Gasteiger partial charge < -0.3 is 5.32 Å². The highest BCUT2D eigenvalue weighted by Gasteiger charge is 2.04. The predicted molar refractivity (Wildman–Crippen MR) is 61.9 cm³/mol. The van der Waals surface area contributed by atoms with Crippen LogP contribution in [-0.2, 0) is 11.8 Å². The Hall–Kier alpha value is -0.970. The van der Waals surface area contributed by atoms with E-state index in [1.807, 2.05) is 11.5 Å². The summed E-state index contributed by atoms with van der Waals surface area (Å²) in [5.41, 5.74) is 4.44. The maximum Gasteiger partial charge on any atom is 0.333 e. The number of benzene rings is 1. The highest BCUT2D eigenvalue weighted by atomic mass is 35.5. The Bertz CT molecular complexity index is 357. The zero-order valence-corrected chi connectivity index (χ0v) is 9.40. The van der Waals surface area contributed by atoms with Crippen LogP contribution in [0.15, 0.2) is 18.2 Å². The summed E-state index contributed by atoms with van der Waals surface area (Å²) in [4.78, 5) is 10.9. The normalized spacial score (nSPS) is 9.80. The third-order valence-electron chi connectivity index (χ3n) is 1.88. The zero-order chi connectivity index (χ0) is 11.3. The summed E-state index contributed by atoms with van der Waals surface area (Å²) < 4.78 is 0. The highest BCUT2D eigenvalue weighted by molar-refractivity contribution is 6.18. The van der Waals surface area contributed by atoms with Crippen molar-refractivity contribution in [3.63, 3.8) is 0 Å². The Kier molecular flexibility index (Phi) is 4.68. The van der Waals surface area contributed by atoms with Crippen LogP contribution in [-0.4, -0.2) is 6.03 Å². The second-order valence-corrected chi connectivity index (χ2v) is 3.38. The maximum absolute atomic E-state index is 10.9. The number of hydrazine groups is 1.